The zero-order valence-corrected chi connectivity index (χ0v) is 6.27. The van der Waals surface area contributed by atoms with Crippen LogP contribution in [-0.4, -0.2) is 5.78 Å². The molecule has 0 spiro atoms. The Labute approximate surface area is 60.7 Å². The van der Waals surface area contributed by atoms with Crippen LogP contribution in [0.1, 0.15) is 13.8 Å². The molecule has 52 valence electrons. The molecule has 0 atom stereocenters. The second-order valence-corrected chi connectivity index (χ2v) is 2.54. The molecule has 1 nitrogen and oxygen atoms in total. The van der Waals surface area contributed by atoms with Crippen molar-refractivity contribution in [1.82, 2.24) is 0 Å². The maximum atomic E-state index is 10.9. The summed E-state index contributed by atoms with van der Waals surface area (Å²) in [7, 11) is 0. The van der Waals surface area contributed by atoms with E-state index < -0.39 is 0 Å². The third-order valence-corrected chi connectivity index (χ3v) is 1.68. The molecule has 0 aromatic rings. The van der Waals surface area contributed by atoms with Gasteiger partial charge in [0, 0.05) is 5.57 Å². The van der Waals surface area contributed by atoms with Crippen LogP contribution < -0.4 is 0 Å². The highest BCUT2D eigenvalue weighted by Gasteiger charge is 2.08. The fourth-order valence-electron chi connectivity index (χ4n) is 0.849. The average molecular weight is 134 g/mol. The minimum atomic E-state index is 0.0306. The van der Waals surface area contributed by atoms with Crippen LogP contribution in [-0.2, 0) is 4.79 Å². The molecule has 1 heteroatoms. The highest BCUT2D eigenvalue weighted by atomic mass is 16.1. The van der Waals surface area contributed by atoms with E-state index in [-0.39, 0.29) is 5.78 Å². The van der Waals surface area contributed by atoms with Crippen molar-refractivity contribution < 1.29 is 4.79 Å². The Morgan fingerprint density at radius 3 is 2.20 bits per heavy atom. The average Bonchev–Trinajstić information content (AvgIpc) is 1.84. The summed E-state index contributed by atoms with van der Waals surface area (Å²) in [5.74, 6) is 0.0306. The number of carbonyl (C=O) groups excluding carboxylic acids is 1. The molecule has 1 aliphatic rings. The quantitative estimate of drug-likeness (QED) is 0.463. The summed E-state index contributed by atoms with van der Waals surface area (Å²) in [4.78, 5) is 10.9. The first-order valence-electron chi connectivity index (χ1n) is 3.21. The van der Waals surface area contributed by atoms with Gasteiger partial charge in [-0.2, -0.15) is 0 Å². The number of carbonyl (C=O) groups is 1. The van der Waals surface area contributed by atoms with Gasteiger partial charge in [-0.3, -0.25) is 4.79 Å². The second-order valence-electron chi connectivity index (χ2n) is 2.54. The van der Waals surface area contributed by atoms with Gasteiger partial charge >= 0.3 is 0 Å². The van der Waals surface area contributed by atoms with Gasteiger partial charge in [-0.15, -0.1) is 0 Å². The molecule has 0 saturated heterocycles. The molecule has 0 heterocycles. The monoisotopic (exact) mass is 134 g/mol. The second kappa shape index (κ2) is 2.25. The molecule has 0 unspecified atom stereocenters. The summed E-state index contributed by atoms with van der Waals surface area (Å²) in [6.45, 7) is 7.51. The normalized spacial score (nSPS) is 18.6. The van der Waals surface area contributed by atoms with Gasteiger partial charge in [0.25, 0.3) is 0 Å². The Morgan fingerprint density at radius 1 is 1.20 bits per heavy atom. The summed E-state index contributed by atoms with van der Waals surface area (Å²) in [6.07, 6.45) is 3.44. The molecule has 0 amide bonds. The Bertz CT molecular complexity index is 226. The minimum Gasteiger partial charge on any atom is -0.289 e. The van der Waals surface area contributed by atoms with Crippen LogP contribution in [0.2, 0.25) is 0 Å². The van der Waals surface area contributed by atoms with Crippen LogP contribution in [0, 0.1) is 0 Å². The van der Waals surface area contributed by atoms with E-state index in [2.05, 4.69) is 6.58 Å². The fourth-order valence-corrected chi connectivity index (χ4v) is 0.849. The molecular formula is C9H10O. The maximum absolute atomic E-state index is 10.9. The summed E-state index contributed by atoms with van der Waals surface area (Å²) in [5, 5.41) is 0. The largest absolute Gasteiger partial charge is 0.289 e. The van der Waals surface area contributed by atoms with E-state index in [0.717, 1.165) is 11.1 Å². The molecule has 0 saturated carbocycles. The topological polar surface area (TPSA) is 17.1 Å². The van der Waals surface area contributed by atoms with E-state index in [0.29, 0.717) is 5.57 Å². The van der Waals surface area contributed by atoms with Gasteiger partial charge < -0.3 is 0 Å². The van der Waals surface area contributed by atoms with Crippen molar-refractivity contribution in [2.24, 2.45) is 0 Å². The van der Waals surface area contributed by atoms with Gasteiger partial charge in [-0.05, 0) is 37.1 Å². The maximum Gasteiger partial charge on any atom is 0.185 e. The van der Waals surface area contributed by atoms with Crippen molar-refractivity contribution >= 4 is 5.78 Å². The summed E-state index contributed by atoms with van der Waals surface area (Å²) in [5.41, 5.74) is 2.75. The number of rotatable bonds is 0. The number of allylic oxidation sites excluding steroid dienone is 5. The van der Waals surface area contributed by atoms with Crippen LogP contribution >= 0.6 is 0 Å². The van der Waals surface area contributed by atoms with Crippen molar-refractivity contribution in [3.8, 4) is 0 Å². The van der Waals surface area contributed by atoms with E-state index in [9.17, 15) is 4.79 Å². The Hall–Kier alpha value is -1.11. The lowest BCUT2D eigenvalue weighted by molar-refractivity contribution is -0.111. The molecule has 0 aliphatic heterocycles. The third-order valence-electron chi connectivity index (χ3n) is 1.68. The summed E-state index contributed by atoms with van der Waals surface area (Å²) < 4.78 is 0. The number of ketones is 1. The zero-order chi connectivity index (χ0) is 7.72. The highest BCUT2D eigenvalue weighted by Crippen LogP contribution is 2.17. The molecule has 0 radical (unpaired) electrons. The van der Waals surface area contributed by atoms with Crippen molar-refractivity contribution in [2.75, 3.05) is 0 Å². The van der Waals surface area contributed by atoms with Gasteiger partial charge in [-0.1, -0.05) is 6.58 Å². The third kappa shape index (κ3) is 1.08. The van der Waals surface area contributed by atoms with Gasteiger partial charge in [0.15, 0.2) is 5.78 Å². The van der Waals surface area contributed by atoms with Gasteiger partial charge in [0.2, 0.25) is 0 Å². The zero-order valence-electron chi connectivity index (χ0n) is 6.27. The predicted molar refractivity (Wildman–Crippen MR) is 41.7 cm³/mol. The first-order chi connectivity index (χ1) is 4.61. The van der Waals surface area contributed by atoms with Crippen LogP contribution in [0.5, 0.6) is 0 Å². The number of hydrogen-bond acceptors (Lipinski definition) is 1. The predicted octanol–water partition coefficient (Wildman–Crippen LogP) is 2.02. The van der Waals surface area contributed by atoms with Crippen LogP contribution in [0.25, 0.3) is 0 Å². The molecule has 0 aromatic carbocycles. The Kier molecular flexibility index (Phi) is 1.58. The molecule has 10 heavy (non-hydrogen) atoms. The molecular weight excluding hydrogens is 124 g/mol. The van der Waals surface area contributed by atoms with Gasteiger partial charge in [-0.25, -0.2) is 0 Å². The summed E-state index contributed by atoms with van der Waals surface area (Å²) in [6, 6.07) is 0. The lowest BCUT2D eigenvalue weighted by atomic mass is 9.97. The van der Waals surface area contributed by atoms with Crippen molar-refractivity contribution in [3.63, 3.8) is 0 Å². The lowest BCUT2D eigenvalue weighted by Crippen LogP contribution is -2.02. The highest BCUT2D eigenvalue weighted by molar-refractivity contribution is 6.07. The molecule has 0 N–H and O–H groups in total. The molecule has 1 aliphatic carbocycles. The fraction of sp³-hybridized carbons (Fsp3) is 0.222. The molecule has 1 rings (SSSR count). The van der Waals surface area contributed by atoms with Crippen LogP contribution in [0.4, 0.5) is 0 Å². The smallest absolute Gasteiger partial charge is 0.185 e. The van der Waals surface area contributed by atoms with Crippen LogP contribution in [0.15, 0.2) is 35.5 Å². The molecule has 0 fully saturated rings. The van der Waals surface area contributed by atoms with E-state index in [1.54, 1.807) is 6.08 Å². The summed E-state index contributed by atoms with van der Waals surface area (Å²) >= 11 is 0. The Morgan fingerprint density at radius 2 is 1.70 bits per heavy atom. The minimum absolute atomic E-state index is 0.0306. The van der Waals surface area contributed by atoms with E-state index in [4.69, 9.17) is 0 Å². The van der Waals surface area contributed by atoms with E-state index in [1.807, 2.05) is 19.9 Å². The van der Waals surface area contributed by atoms with Gasteiger partial charge in [0.1, 0.15) is 0 Å². The van der Waals surface area contributed by atoms with Gasteiger partial charge in [0.05, 0.1) is 0 Å². The van der Waals surface area contributed by atoms with E-state index in [1.165, 1.54) is 0 Å². The van der Waals surface area contributed by atoms with Crippen molar-refractivity contribution in [2.45, 2.75) is 13.8 Å². The standard InChI is InChI=1S/C9H10O/c1-6-4-8(3)9(10)5-7(6)2/h4-5H,3H2,1-2H3. The lowest BCUT2D eigenvalue weighted by Gasteiger charge is -2.07. The van der Waals surface area contributed by atoms with Crippen molar-refractivity contribution in [1.29, 1.82) is 0 Å². The van der Waals surface area contributed by atoms with Crippen molar-refractivity contribution in [3.05, 3.63) is 35.5 Å². The first kappa shape index (κ1) is 7.00. The Balaban J connectivity index is 3.06. The first-order valence-corrected chi connectivity index (χ1v) is 3.21. The SMILES string of the molecule is C=C1C=C(C)C(C)=CC1=O. The number of hydrogen-bond donors (Lipinski definition) is 0. The molecule has 0 bridgehead atoms. The molecule has 0 aromatic heterocycles. The van der Waals surface area contributed by atoms with E-state index >= 15 is 0 Å². The van der Waals surface area contributed by atoms with Crippen LogP contribution in [0.3, 0.4) is 0 Å².